The number of rotatable bonds is 6. The first-order chi connectivity index (χ1) is 19.8. The number of carbonyl (C=O) groups excluding carboxylic acids is 2. The van der Waals surface area contributed by atoms with Crippen LogP contribution in [-0.4, -0.2) is 41.4 Å². The topological polar surface area (TPSA) is 96.9 Å². The number of hydrogen-bond donors (Lipinski definition) is 3. The van der Waals surface area contributed by atoms with Crippen LogP contribution in [-0.2, 0) is 5.60 Å². The summed E-state index contributed by atoms with van der Waals surface area (Å²) in [5.41, 5.74) is -5.45. The van der Waals surface area contributed by atoms with Crippen molar-refractivity contribution in [3.05, 3.63) is 86.0 Å². The van der Waals surface area contributed by atoms with Gasteiger partial charge in [0.25, 0.3) is 11.8 Å². The number of aliphatic hydroxyl groups is 1. The van der Waals surface area contributed by atoms with E-state index in [0.29, 0.717) is 21.8 Å². The van der Waals surface area contributed by atoms with E-state index in [9.17, 15) is 45.4 Å². The summed E-state index contributed by atoms with van der Waals surface area (Å²) in [5.74, 6) is -3.35. The molecule has 2 amide bonds. The molecule has 1 unspecified atom stereocenters. The van der Waals surface area contributed by atoms with Gasteiger partial charge in [-0.15, -0.1) is 0 Å². The van der Waals surface area contributed by atoms with Crippen molar-refractivity contribution in [3.63, 3.8) is 0 Å². The van der Waals surface area contributed by atoms with Crippen molar-refractivity contribution in [2.75, 3.05) is 5.32 Å². The lowest BCUT2D eigenvalue weighted by molar-refractivity contribution is -0.391. The van der Waals surface area contributed by atoms with Crippen LogP contribution >= 0.6 is 22.6 Å². The number of ether oxygens (including phenoxy) is 2. The molecule has 0 bridgehead atoms. The fourth-order valence-electron chi connectivity index (χ4n) is 4.28. The predicted octanol–water partition coefficient (Wildman–Crippen LogP) is 6.75. The Hall–Kier alpha value is -3.60. The molecule has 0 saturated carbocycles. The van der Waals surface area contributed by atoms with Gasteiger partial charge >= 0.3 is 18.4 Å². The zero-order chi connectivity index (χ0) is 32.1. The maximum Gasteiger partial charge on any atom is 0.507 e. The number of amides is 2. The first-order valence-corrected chi connectivity index (χ1v) is 13.5. The second kappa shape index (κ2) is 11.2. The minimum Gasteiger partial charge on any atom is -0.421 e. The lowest BCUT2D eigenvalue weighted by atomic mass is 9.84. The molecule has 1 aliphatic rings. The van der Waals surface area contributed by atoms with Gasteiger partial charge < -0.3 is 25.2 Å². The number of halogens is 8. The molecule has 230 valence electrons. The van der Waals surface area contributed by atoms with Crippen LogP contribution in [0.3, 0.4) is 0 Å². The molecule has 15 heteroatoms. The van der Waals surface area contributed by atoms with E-state index in [1.807, 2.05) is 22.6 Å². The summed E-state index contributed by atoms with van der Waals surface area (Å²) < 4.78 is 106. The van der Waals surface area contributed by atoms with Crippen LogP contribution in [0.5, 0.6) is 11.5 Å². The largest absolute Gasteiger partial charge is 0.507 e. The summed E-state index contributed by atoms with van der Waals surface area (Å²) in [6.07, 6.45) is -15.7. The molecule has 0 aliphatic carbocycles. The van der Waals surface area contributed by atoms with Crippen molar-refractivity contribution in [3.8, 4) is 11.5 Å². The van der Waals surface area contributed by atoms with Gasteiger partial charge in [-0.05, 0) is 84.8 Å². The van der Waals surface area contributed by atoms with Crippen molar-refractivity contribution >= 4 is 40.1 Å². The zero-order valence-electron chi connectivity index (χ0n) is 22.4. The lowest BCUT2D eigenvalue weighted by Gasteiger charge is -2.35. The number of nitrogens with one attached hydrogen (secondary N) is 2. The molecule has 7 nitrogen and oxygen atoms in total. The summed E-state index contributed by atoms with van der Waals surface area (Å²) >= 11 is 1.89. The highest BCUT2D eigenvalue weighted by Crippen LogP contribution is 2.51. The van der Waals surface area contributed by atoms with Gasteiger partial charge in [0, 0.05) is 20.9 Å². The van der Waals surface area contributed by atoms with Crippen molar-refractivity contribution in [2.24, 2.45) is 0 Å². The number of carbonyl (C=O) groups is 2. The molecule has 0 fully saturated rings. The van der Waals surface area contributed by atoms with E-state index >= 15 is 0 Å². The van der Waals surface area contributed by atoms with E-state index in [2.05, 4.69) is 20.1 Å². The summed E-state index contributed by atoms with van der Waals surface area (Å²) in [4.78, 5) is 25.9. The van der Waals surface area contributed by atoms with Crippen LogP contribution in [0, 0.1) is 10.5 Å². The van der Waals surface area contributed by atoms with E-state index < -0.39 is 58.4 Å². The molecule has 0 radical (unpaired) electrons. The average molecular weight is 726 g/mol. The Morgan fingerprint density at radius 1 is 0.884 bits per heavy atom. The molecule has 43 heavy (non-hydrogen) atoms. The molecule has 1 aliphatic heterocycles. The van der Waals surface area contributed by atoms with Crippen LogP contribution in [0.25, 0.3) is 0 Å². The maximum atomic E-state index is 14.4. The lowest BCUT2D eigenvalue weighted by Crippen LogP contribution is -2.52. The van der Waals surface area contributed by atoms with Gasteiger partial charge in [0.1, 0.15) is 0 Å². The molecule has 0 aromatic heterocycles. The number of benzene rings is 3. The first kappa shape index (κ1) is 32.3. The number of aryl methyl sites for hydroxylation is 1. The minimum atomic E-state index is -5.44. The second-order valence-electron chi connectivity index (χ2n) is 9.88. The second-order valence-corrected chi connectivity index (χ2v) is 11.0. The van der Waals surface area contributed by atoms with Gasteiger partial charge in [-0.25, -0.2) is 0 Å². The van der Waals surface area contributed by atoms with Gasteiger partial charge in [0.2, 0.25) is 5.60 Å². The molecule has 0 spiro atoms. The molecular formula is C28H22F7IN2O5. The Labute approximate surface area is 253 Å². The van der Waals surface area contributed by atoms with Crippen LogP contribution in [0.2, 0.25) is 0 Å². The fourth-order valence-corrected chi connectivity index (χ4v) is 5.03. The van der Waals surface area contributed by atoms with Crippen molar-refractivity contribution < 1.29 is 54.9 Å². The van der Waals surface area contributed by atoms with E-state index in [1.54, 1.807) is 26.0 Å². The third-order valence-corrected chi connectivity index (χ3v) is 7.28. The number of alkyl halides is 7. The zero-order valence-corrected chi connectivity index (χ0v) is 24.5. The standard InChI is InChI=1S/C28H22F7IN2O5/c1-13(2)37-24(40)22-17(5-4-6-18(22)36)23(39)38-19-9-7-15(11-14(19)3)25(41,26(29,30)31)16-8-10-20-21(12-16)43-28(34,35)27(32,33)42-20/h4-13,41H,1-3H3,(H,37,40)(H,38,39). The van der Waals surface area contributed by atoms with E-state index in [0.717, 1.165) is 18.2 Å². The van der Waals surface area contributed by atoms with Crippen LogP contribution in [0.15, 0.2) is 54.6 Å². The van der Waals surface area contributed by atoms with E-state index in [4.69, 9.17) is 0 Å². The maximum absolute atomic E-state index is 14.4. The predicted molar refractivity (Wildman–Crippen MR) is 148 cm³/mol. The Bertz CT molecular complexity index is 1600. The first-order valence-electron chi connectivity index (χ1n) is 12.4. The molecule has 3 aromatic rings. The van der Waals surface area contributed by atoms with Gasteiger partial charge in [-0.2, -0.15) is 30.7 Å². The average Bonchev–Trinajstić information content (AvgIpc) is 2.88. The van der Waals surface area contributed by atoms with Crippen molar-refractivity contribution in [2.45, 2.75) is 50.8 Å². The van der Waals surface area contributed by atoms with Crippen molar-refractivity contribution in [1.29, 1.82) is 0 Å². The summed E-state index contributed by atoms with van der Waals surface area (Å²) in [5, 5.41) is 16.2. The van der Waals surface area contributed by atoms with Crippen LogP contribution in [0.1, 0.15) is 51.3 Å². The SMILES string of the molecule is Cc1cc(C(O)(c2ccc3c(c2)OC(F)(F)C(F)(F)O3)C(F)(F)F)ccc1NC(=O)c1cccc(I)c1C(=O)NC(C)C. The van der Waals surface area contributed by atoms with Gasteiger partial charge in [-0.3, -0.25) is 9.59 Å². The van der Waals surface area contributed by atoms with Gasteiger partial charge in [0.15, 0.2) is 11.5 Å². The third-order valence-electron chi connectivity index (χ3n) is 6.38. The van der Waals surface area contributed by atoms with Gasteiger partial charge in [0.05, 0.1) is 11.1 Å². The number of fused-ring (bicyclic) bond motifs is 1. The van der Waals surface area contributed by atoms with E-state index in [1.165, 1.54) is 13.0 Å². The smallest absolute Gasteiger partial charge is 0.421 e. The normalized spacial score (nSPS) is 16.8. The Balaban J connectivity index is 1.70. The third kappa shape index (κ3) is 5.96. The summed E-state index contributed by atoms with van der Waals surface area (Å²) in [7, 11) is 0. The number of hydrogen-bond acceptors (Lipinski definition) is 5. The molecule has 1 heterocycles. The van der Waals surface area contributed by atoms with E-state index in [-0.39, 0.29) is 28.4 Å². The molecule has 4 rings (SSSR count). The monoisotopic (exact) mass is 726 g/mol. The molecule has 3 N–H and O–H groups in total. The molecule has 1 atom stereocenters. The quantitative estimate of drug-likeness (QED) is 0.193. The molecular weight excluding hydrogens is 704 g/mol. The van der Waals surface area contributed by atoms with Gasteiger partial charge in [-0.1, -0.05) is 24.3 Å². The minimum absolute atomic E-state index is 0.000944. The number of anilines is 1. The molecule has 3 aromatic carbocycles. The Morgan fingerprint density at radius 2 is 1.47 bits per heavy atom. The van der Waals surface area contributed by atoms with Crippen molar-refractivity contribution in [1.82, 2.24) is 5.32 Å². The molecule has 0 saturated heterocycles. The highest BCUT2D eigenvalue weighted by Gasteiger charge is 2.66. The Kier molecular flexibility index (Phi) is 8.38. The van der Waals surface area contributed by atoms with Crippen LogP contribution in [0.4, 0.5) is 36.4 Å². The highest BCUT2D eigenvalue weighted by molar-refractivity contribution is 14.1. The highest BCUT2D eigenvalue weighted by atomic mass is 127. The fraction of sp³-hybridized carbons (Fsp3) is 0.286. The summed E-state index contributed by atoms with van der Waals surface area (Å²) in [6, 6.07) is 8.63. The summed E-state index contributed by atoms with van der Waals surface area (Å²) in [6.45, 7) is 4.81. The van der Waals surface area contributed by atoms with Crippen LogP contribution < -0.4 is 20.1 Å². The Morgan fingerprint density at radius 3 is 2.05 bits per heavy atom.